The van der Waals surface area contributed by atoms with Crippen LogP contribution in [0.2, 0.25) is 0 Å². The number of ether oxygens (including phenoxy) is 1. The van der Waals surface area contributed by atoms with E-state index in [9.17, 15) is 0 Å². The van der Waals surface area contributed by atoms with E-state index < -0.39 is 0 Å². The van der Waals surface area contributed by atoms with E-state index in [4.69, 9.17) is 9.26 Å². The Bertz CT molecular complexity index is 733. The first-order valence-corrected chi connectivity index (χ1v) is 8.02. The van der Waals surface area contributed by atoms with E-state index in [-0.39, 0.29) is 0 Å². The van der Waals surface area contributed by atoms with Gasteiger partial charge in [0, 0.05) is 16.5 Å². The lowest BCUT2D eigenvalue weighted by molar-refractivity contribution is 0.397. The molecule has 4 heteroatoms. The van der Waals surface area contributed by atoms with Gasteiger partial charge in [0.2, 0.25) is 0 Å². The minimum atomic E-state index is 0.755. The second-order valence-corrected chi connectivity index (χ2v) is 6.06. The van der Waals surface area contributed by atoms with Gasteiger partial charge in [-0.15, -0.1) is 11.8 Å². The molecular weight excluding hydrogens is 294 g/mol. The fourth-order valence-corrected chi connectivity index (χ4v) is 2.84. The maximum Gasteiger partial charge on any atom is 0.147 e. The van der Waals surface area contributed by atoms with E-state index in [2.05, 4.69) is 36.3 Å². The summed E-state index contributed by atoms with van der Waals surface area (Å²) >= 11 is 1.71. The number of benzene rings is 2. The summed E-state index contributed by atoms with van der Waals surface area (Å²) in [5, 5.41) is 4.15. The summed E-state index contributed by atoms with van der Waals surface area (Å²) in [6.45, 7) is 2.07. The number of hydrogen-bond donors (Lipinski definition) is 0. The number of aromatic nitrogens is 1. The molecule has 0 fully saturated rings. The van der Waals surface area contributed by atoms with Gasteiger partial charge in [0.15, 0.2) is 0 Å². The SMILES string of the molecule is COc1ccc(SCc2cc(-c3ccc(C)cc3)no2)cc1. The molecule has 2 aromatic carbocycles. The van der Waals surface area contributed by atoms with Gasteiger partial charge < -0.3 is 9.26 Å². The fourth-order valence-electron chi connectivity index (χ4n) is 2.07. The smallest absolute Gasteiger partial charge is 0.147 e. The molecule has 0 aliphatic carbocycles. The number of thioether (sulfide) groups is 1. The summed E-state index contributed by atoms with van der Waals surface area (Å²) in [6.07, 6.45) is 0. The fraction of sp³-hybridized carbons (Fsp3) is 0.167. The first-order valence-electron chi connectivity index (χ1n) is 7.04. The van der Waals surface area contributed by atoms with Crippen molar-refractivity contribution in [2.75, 3.05) is 7.11 Å². The molecule has 1 aromatic heterocycles. The zero-order valence-corrected chi connectivity index (χ0v) is 13.4. The minimum Gasteiger partial charge on any atom is -0.497 e. The van der Waals surface area contributed by atoms with Crippen LogP contribution < -0.4 is 4.74 Å². The highest BCUT2D eigenvalue weighted by atomic mass is 32.2. The molecule has 3 rings (SSSR count). The summed E-state index contributed by atoms with van der Waals surface area (Å²) in [5.41, 5.74) is 3.20. The Morgan fingerprint density at radius 2 is 1.77 bits per heavy atom. The van der Waals surface area contributed by atoms with Gasteiger partial charge >= 0.3 is 0 Å². The average Bonchev–Trinajstić information content (AvgIpc) is 3.03. The molecule has 0 unspecified atom stereocenters. The van der Waals surface area contributed by atoms with E-state index >= 15 is 0 Å². The molecule has 0 aliphatic heterocycles. The zero-order valence-electron chi connectivity index (χ0n) is 12.6. The molecule has 0 amide bonds. The van der Waals surface area contributed by atoms with E-state index in [1.165, 1.54) is 10.5 Å². The second-order valence-electron chi connectivity index (χ2n) is 5.01. The summed E-state index contributed by atoms with van der Waals surface area (Å²) in [6, 6.07) is 18.3. The van der Waals surface area contributed by atoms with Crippen LogP contribution in [0.15, 0.2) is 64.0 Å². The van der Waals surface area contributed by atoms with Crippen LogP contribution in [0.25, 0.3) is 11.3 Å². The van der Waals surface area contributed by atoms with Gasteiger partial charge in [-0.2, -0.15) is 0 Å². The monoisotopic (exact) mass is 311 g/mol. The Kier molecular flexibility index (Phi) is 4.49. The lowest BCUT2D eigenvalue weighted by atomic mass is 10.1. The highest BCUT2D eigenvalue weighted by molar-refractivity contribution is 7.98. The molecule has 0 saturated heterocycles. The minimum absolute atomic E-state index is 0.755. The topological polar surface area (TPSA) is 35.3 Å². The molecule has 22 heavy (non-hydrogen) atoms. The zero-order chi connectivity index (χ0) is 15.4. The van der Waals surface area contributed by atoms with Crippen LogP contribution in [0.4, 0.5) is 0 Å². The van der Waals surface area contributed by atoms with Crippen LogP contribution >= 0.6 is 11.8 Å². The Hall–Kier alpha value is -2.20. The van der Waals surface area contributed by atoms with Crippen LogP contribution in [0, 0.1) is 6.92 Å². The standard InChI is InChI=1S/C18H17NO2S/c1-13-3-5-14(6-4-13)18-11-16(21-19-18)12-22-17-9-7-15(20-2)8-10-17/h3-11H,12H2,1-2H3. The third kappa shape index (κ3) is 3.52. The van der Waals surface area contributed by atoms with Crippen molar-refractivity contribution < 1.29 is 9.26 Å². The molecule has 112 valence electrons. The molecule has 0 N–H and O–H groups in total. The van der Waals surface area contributed by atoms with Crippen LogP contribution in [0.3, 0.4) is 0 Å². The first kappa shape index (κ1) is 14.7. The number of nitrogens with zero attached hydrogens (tertiary/aromatic N) is 1. The van der Waals surface area contributed by atoms with Crippen LogP contribution in [-0.4, -0.2) is 12.3 Å². The quantitative estimate of drug-likeness (QED) is 0.624. The van der Waals surface area contributed by atoms with Crippen molar-refractivity contribution in [2.45, 2.75) is 17.6 Å². The number of aryl methyl sites for hydroxylation is 1. The summed E-state index contributed by atoms with van der Waals surface area (Å²) in [7, 11) is 1.67. The lowest BCUT2D eigenvalue weighted by Gasteiger charge is -2.01. The van der Waals surface area contributed by atoms with Gasteiger partial charge in [0.25, 0.3) is 0 Å². The molecule has 1 heterocycles. The third-order valence-corrected chi connectivity index (χ3v) is 4.38. The molecule has 0 bridgehead atoms. The third-order valence-electron chi connectivity index (χ3n) is 3.35. The molecule has 0 aliphatic rings. The van der Waals surface area contributed by atoms with Gasteiger partial charge in [-0.25, -0.2) is 0 Å². The largest absolute Gasteiger partial charge is 0.497 e. The molecular formula is C18H17NO2S. The normalized spacial score (nSPS) is 10.6. The number of rotatable bonds is 5. The summed E-state index contributed by atoms with van der Waals surface area (Å²) in [5.74, 6) is 2.49. The van der Waals surface area contributed by atoms with Crippen molar-refractivity contribution in [2.24, 2.45) is 0 Å². The summed E-state index contributed by atoms with van der Waals surface area (Å²) in [4.78, 5) is 1.18. The van der Waals surface area contributed by atoms with Gasteiger partial charge in [0.1, 0.15) is 17.2 Å². The summed E-state index contributed by atoms with van der Waals surface area (Å²) < 4.78 is 10.6. The van der Waals surface area contributed by atoms with Crippen molar-refractivity contribution in [3.63, 3.8) is 0 Å². The Balaban J connectivity index is 1.65. The Labute approximate surface area is 134 Å². The van der Waals surface area contributed by atoms with Crippen molar-refractivity contribution in [3.8, 4) is 17.0 Å². The van der Waals surface area contributed by atoms with Crippen LogP contribution in [0.1, 0.15) is 11.3 Å². The molecule has 0 saturated carbocycles. The van der Waals surface area contributed by atoms with Crippen molar-refractivity contribution >= 4 is 11.8 Å². The first-order chi connectivity index (χ1) is 10.7. The maximum atomic E-state index is 5.42. The van der Waals surface area contributed by atoms with Gasteiger partial charge in [-0.05, 0) is 31.2 Å². The average molecular weight is 311 g/mol. The second kappa shape index (κ2) is 6.71. The van der Waals surface area contributed by atoms with E-state index in [1.54, 1.807) is 18.9 Å². The van der Waals surface area contributed by atoms with Gasteiger partial charge in [-0.3, -0.25) is 0 Å². The molecule has 0 spiro atoms. The van der Waals surface area contributed by atoms with E-state index in [0.717, 1.165) is 28.5 Å². The predicted molar refractivity (Wildman–Crippen MR) is 89.2 cm³/mol. The van der Waals surface area contributed by atoms with E-state index in [1.807, 2.05) is 30.3 Å². The van der Waals surface area contributed by atoms with Crippen molar-refractivity contribution in [1.29, 1.82) is 0 Å². The van der Waals surface area contributed by atoms with E-state index in [0.29, 0.717) is 0 Å². The Morgan fingerprint density at radius 1 is 1.05 bits per heavy atom. The predicted octanol–water partition coefficient (Wildman–Crippen LogP) is 4.95. The maximum absolute atomic E-state index is 5.42. The lowest BCUT2D eigenvalue weighted by Crippen LogP contribution is -1.81. The van der Waals surface area contributed by atoms with Gasteiger partial charge in [0.05, 0.1) is 12.9 Å². The molecule has 3 aromatic rings. The highest BCUT2D eigenvalue weighted by Crippen LogP contribution is 2.27. The van der Waals surface area contributed by atoms with Crippen LogP contribution in [-0.2, 0) is 5.75 Å². The van der Waals surface area contributed by atoms with Crippen molar-refractivity contribution in [1.82, 2.24) is 5.16 Å². The molecule has 0 radical (unpaired) electrons. The number of hydrogen-bond acceptors (Lipinski definition) is 4. The molecule has 3 nitrogen and oxygen atoms in total. The number of methoxy groups -OCH3 is 1. The van der Waals surface area contributed by atoms with Gasteiger partial charge in [-0.1, -0.05) is 35.0 Å². The molecule has 0 atom stereocenters. The Morgan fingerprint density at radius 3 is 2.45 bits per heavy atom. The van der Waals surface area contributed by atoms with Crippen LogP contribution in [0.5, 0.6) is 5.75 Å². The highest BCUT2D eigenvalue weighted by Gasteiger charge is 2.07. The van der Waals surface area contributed by atoms with Crippen molar-refractivity contribution in [3.05, 3.63) is 65.9 Å².